The molecule has 0 spiro atoms. The van der Waals surface area contributed by atoms with E-state index >= 15 is 0 Å². The van der Waals surface area contributed by atoms with Crippen molar-refractivity contribution in [3.05, 3.63) is 35.9 Å². The van der Waals surface area contributed by atoms with Crippen LogP contribution >= 0.6 is 0 Å². The van der Waals surface area contributed by atoms with Gasteiger partial charge in [0.05, 0.1) is 12.5 Å². The highest BCUT2D eigenvalue weighted by atomic mass is 16.5. The summed E-state index contributed by atoms with van der Waals surface area (Å²) in [6.45, 7) is 6.92. The zero-order valence-electron chi connectivity index (χ0n) is 24.6. The number of esters is 1. The van der Waals surface area contributed by atoms with Gasteiger partial charge in [0.15, 0.2) is 0 Å². The number of Topliss-reactive ketones (excluding diaryl/α,β-unsaturated/α-hetero) is 1. The second-order valence-corrected chi connectivity index (χ2v) is 12.3. The first-order valence-corrected chi connectivity index (χ1v) is 16.0. The summed E-state index contributed by atoms with van der Waals surface area (Å²) in [5.74, 6) is 2.03. The number of unbranched alkanes of at least 4 members (excludes halogenated alkanes) is 4. The molecular weight excluding hydrogens is 470 g/mol. The number of ketones is 1. The van der Waals surface area contributed by atoms with Crippen LogP contribution in [0.3, 0.4) is 0 Å². The molecule has 2 atom stereocenters. The van der Waals surface area contributed by atoms with Crippen molar-refractivity contribution in [1.82, 2.24) is 5.32 Å². The molecule has 3 rings (SSSR count). The molecule has 1 aromatic carbocycles. The van der Waals surface area contributed by atoms with Crippen molar-refractivity contribution in [2.75, 3.05) is 6.54 Å². The lowest BCUT2D eigenvalue weighted by Gasteiger charge is -2.31. The normalized spacial score (nSPS) is 25.4. The number of hydrogen-bond acceptors (Lipinski definition) is 4. The van der Waals surface area contributed by atoms with Gasteiger partial charge < -0.3 is 10.1 Å². The molecule has 2 aliphatic rings. The Labute approximate surface area is 233 Å². The minimum absolute atomic E-state index is 0.00461. The fourth-order valence-electron chi connectivity index (χ4n) is 6.66. The molecule has 0 bridgehead atoms. The smallest absolute Gasteiger partial charge is 0.309 e. The summed E-state index contributed by atoms with van der Waals surface area (Å²) >= 11 is 0. The summed E-state index contributed by atoms with van der Waals surface area (Å²) in [7, 11) is 0. The molecule has 2 aliphatic carbocycles. The van der Waals surface area contributed by atoms with Crippen molar-refractivity contribution >= 4 is 11.8 Å². The van der Waals surface area contributed by atoms with Gasteiger partial charge in [-0.25, -0.2) is 0 Å². The summed E-state index contributed by atoms with van der Waals surface area (Å²) in [6, 6.07) is 9.91. The van der Waals surface area contributed by atoms with Crippen molar-refractivity contribution in [1.29, 1.82) is 0 Å². The van der Waals surface area contributed by atoms with Crippen molar-refractivity contribution in [2.45, 2.75) is 136 Å². The van der Waals surface area contributed by atoms with Crippen LogP contribution in [0.4, 0.5) is 0 Å². The van der Waals surface area contributed by atoms with E-state index in [1.165, 1.54) is 64.2 Å². The molecule has 0 radical (unpaired) electrons. The molecule has 0 amide bonds. The Balaban J connectivity index is 1.48. The number of carbonyl (C=O) groups is 2. The Hall–Kier alpha value is -1.68. The Kier molecular flexibility index (Phi) is 13.9. The predicted octanol–water partition coefficient (Wildman–Crippen LogP) is 8.59. The topological polar surface area (TPSA) is 55.4 Å². The minimum Gasteiger partial charge on any atom is -0.456 e. The van der Waals surface area contributed by atoms with E-state index in [-0.39, 0.29) is 30.0 Å². The number of ether oxygens (including phenoxy) is 1. The maximum atomic E-state index is 13.2. The third kappa shape index (κ3) is 10.1. The van der Waals surface area contributed by atoms with Gasteiger partial charge in [0.1, 0.15) is 11.9 Å². The van der Waals surface area contributed by atoms with E-state index < -0.39 is 0 Å². The highest BCUT2D eigenvalue weighted by Crippen LogP contribution is 2.35. The molecule has 1 aromatic rings. The molecule has 0 saturated heterocycles. The lowest BCUT2D eigenvalue weighted by atomic mass is 9.78. The van der Waals surface area contributed by atoms with Gasteiger partial charge in [-0.2, -0.15) is 0 Å². The molecule has 4 heteroatoms. The molecule has 38 heavy (non-hydrogen) atoms. The number of nitrogens with one attached hydrogen (secondary N) is 1. The van der Waals surface area contributed by atoms with E-state index in [2.05, 4.69) is 19.2 Å². The molecule has 0 unspecified atom stereocenters. The van der Waals surface area contributed by atoms with Crippen LogP contribution in [-0.2, 0) is 14.3 Å². The van der Waals surface area contributed by atoms with Gasteiger partial charge in [0.2, 0.25) is 0 Å². The molecule has 0 aromatic heterocycles. The standard InChI is InChI=1S/C34H55NO3/c1-4-6-9-13-27-17-21-29(22-18-27)32(36)25-35-26(3)33(30-15-11-8-12-16-30)38-34(37)31-23-19-28(20-24-31)14-10-7-5-2/h8,11-12,15-16,26-29,31,33,35H,4-7,9-10,13-14,17-25H2,1-3H3/t26-,27?,28?,29?,31?,33+/m0/s1. The van der Waals surface area contributed by atoms with Crippen molar-refractivity contribution in [3.8, 4) is 0 Å². The van der Waals surface area contributed by atoms with Crippen LogP contribution in [0.2, 0.25) is 0 Å². The Bertz CT molecular complexity index is 793. The molecule has 214 valence electrons. The van der Waals surface area contributed by atoms with Crippen LogP contribution in [0, 0.1) is 23.7 Å². The maximum absolute atomic E-state index is 13.2. The molecule has 0 aliphatic heterocycles. The van der Waals surface area contributed by atoms with E-state index in [0.29, 0.717) is 12.3 Å². The van der Waals surface area contributed by atoms with Crippen LogP contribution in [0.15, 0.2) is 30.3 Å². The second-order valence-electron chi connectivity index (χ2n) is 12.3. The maximum Gasteiger partial charge on any atom is 0.309 e. The summed E-state index contributed by atoms with van der Waals surface area (Å²) in [5, 5.41) is 3.45. The molecule has 2 fully saturated rings. The van der Waals surface area contributed by atoms with Crippen LogP contribution in [0.25, 0.3) is 0 Å². The number of rotatable bonds is 16. The zero-order chi connectivity index (χ0) is 27.2. The van der Waals surface area contributed by atoms with Gasteiger partial charge in [-0.05, 0) is 75.7 Å². The van der Waals surface area contributed by atoms with Gasteiger partial charge in [-0.3, -0.25) is 9.59 Å². The van der Waals surface area contributed by atoms with E-state index in [9.17, 15) is 9.59 Å². The van der Waals surface area contributed by atoms with E-state index in [1.807, 2.05) is 37.3 Å². The summed E-state index contributed by atoms with van der Waals surface area (Å²) in [6.07, 6.45) is 18.7. The first kappa shape index (κ1) is 30.9. The third-order valence-corrected chi connectivity index (χ3v) is 9.34. The summed E-state index contributed by atoms with van der Waals surface area (Å²) in [4.78, 5) is 26.3. The van der Waals surface area contributed by atoms with Crippen LogP contribution in [-0.4, -0.2) is 24.3 Å². The number of hydrogen-bond donors (Lipinski definition) is 1. The fourth-order valence-corrected chi connectivity index (χ4v) is 6.66. The Morgan fingerprint density at radius 2 is 1.32 bits per heavy atom. The molecular formula is C34H55NO3. The summed E-state index contributed by atoms with van der Waals surface area (Å²) in [5.41, 5.74) is 0.995. The van der Waals surface area contributed by atoms with E-state index in [4.69, 9.17) is 4.74 Å². The van der Waals surface area contributed by atoms with Gasteiger partial charge >= 0.3 is 5.97 Å². The van der Waals surface area contributed by atoms with Gasteiger partial charge in [-0.15, -0.1) is 0 Å². The SMILES string of the molecule is CCCCCC1CCC(C(=O)CN[C@@H](C)[C@@H](OC(=O)C2CCC(CCCCC)CC2)c2ccccc2)CC1. The average molecular weight is 526 g/mol. The van der Waals surface area contributed by atoms with E-state index in [0.717, 1.165) is 55.9 Å². The highest BCUT2D eigenvalue weighted by molar-refractivity contribution is 5.83. The lowest BCUT2D eigenvalue weighted by Crippen LogP contribution is -2.40. The highest BCUT2D eigenvalue weighted by Gasteiger charge is 2.32. The van der Waals surface area contributed by atoms with Crippen LogP contribution in [0.1, 0.15) is 135 Å². The quantitative estimate of drug-likeness (QED) is 0.173. The van der Waals surface area contributed by atoms with Gasteiger partial charge in [0.25, 0.3) is 0 Å². The van der Waals surface area contributed by atoms with Crippen molar-refractivity contribution in [3.63, 3.8) is 0 Å². The minimum atomic E-state index is -0.381. The second kappa shape index (κ2) is 17.1. The lowest BCUT2D eigenvalue weighted by molar-refractivity contribution is -0.157. The van der Waals surface area contributed by atoms with Crippen LogP contribution < -0.4 is 5.32 Å². The molecule has 4 nitrogen and oxygen atoms in total. The number of carbonyl (C=O) groups excluding carboxylic acids is 2. The summed E-state index contributed by atoms with van der Waals surface area (Å²) < 4.78 is 6.20. The van der Waals surface area contributed by atoms with Gasteiger partial charge in [-0.1, -0.05) is 95.5 Å². The fraction of sp³-hybridized carbons (Fsp3) is 0.765. The Morgan fingerprint density at radius 3 is 1.84 bits per heavy atom. The third-order valence-electron chi connectivity index (χ3n) is 9.34. The van der Waals surface area contributed by atoms with Crippen molar-refractivity contribution in [2.24, 2.45) is 23.7 Å². The Morgan fingerprint density at radius 1 is 0.789 bits per heavy atom. The zero-order valence-corrected chi connectivity index (χ0v) is 24.6. The molecule has 0 heterocycles. The first-order valence-electron chi connectivity index (χ1n) is 16.0. The monoisotopic (exact) mass is 525 g/mol. The first-order chi connectivity index (χ1) is 18.5. The average Bonchev–Trinajstić information content (AvgIpc) is 2.96. The van der Waals surface area contributed by atoms with Crippen LogP contribution in [0.5, 0.6) is 0 Å². The predicted molar refractivity (Wildman–Crippen MR) is 157 cm³/mol. The van der Waals surface area contributed by atoms with Crippen molar-refractivity contribution < 1.29 is 14.3 Å². The molecule has 2 saturated carbocycles. The largest absolute Gasteiger partial charge is 0.456 e. The van der Waals surface area contributed by atoms with E-state index in [1.54, 1.807) is 0 Å². The molecule has 1 N–H and O–H groups in total. The number of benzene rings is 1. The van der Waals surface area contributed by atoms with Gasteiger partial charge in [0, 0.05) is 12.0 Å².